The van der Waals surface area contributed by atoms with Gasteiger partial charge in [-0.25, -0.2) is 17.6 Å². The highest BCUT2D eigenvalue weighted by atomic mass is 32.2. The molecule has 0 fully saturated rings. The second-order valence-electron chi connectivity index (χ2n) is 5.03. The van der Waals surface area contributed by atoms with E-state index in [2.05, 4.69) is 16.6 Å². The van der Waals surface area contributed by atoms with Gasteiger partial charge in [-0.15, -0.1) is 5.92 Å². The van der Waals surface area contributed by atoms with Gasteiger partial charge in [-0.2, -0.15) is 0 Å². The average molecular weight is 343 g/mol. The number of hydrogen-bond donors (Lipinski definition) is 0. The monoisotopic (exact) mass is 343 g/mol. The molecule has 126 valence electrons. The Balaban J connectivity index is 2.87. The number of carbonyl (C=O) groups excluding carboxylic acids is 1. The molecule has 0 radical (unpaired) electrons. The largest absolute Gasteiger partial charge is 0.748 e. The molecule has 1 aromatic carbocycles. The molecule has 1 aromatic rings. The summed E-state index contributed by atoms with van der Waals surface area (Å²) in [6, 6.07) is 3.31. The van der Waals surface area contributed by atoms with E-state index >= 15 is 0 Å². The quantitative estimate of drug-likeness (QED) is 0.443. The maximum Gasteiger partial charge on any atom is 0.338 e. The van der Waals surface area contributed by atoms with Crippen molar-refractivity contribution in [2.45, 2.75) is 26.4 Å². The van der Waals surface area contributed by atoms with Crippen LogP contribution in [0.5, 0.6) is 5.75 Å². The third-order valence-corrected chi connectivity index (χ3v) is 3.19. The molecule has 0 saturated carbocycles. The van der Waals surface area contributed by atoms with Crippen molar-refractivity contribution in [3.05, 3.63) is 29.6 Å². The van der Waals surface area contributed by atoms with E-state index in [0.29, 0.717) is 0 Å². The molecule has 0 aliphatic heterocycles. The minimum Gasteiger partial charge on any atom is -0.748 e. The third-order valence-electron chi connectivity index (χ3n) is 2.52. The number of hydrogen-bond acceptors (Lipinski definition) is 6. The summed E-state index contributed by atoms with van der Waals surface area (Å²) in [6.07, 6.45) is 0. The minimum absolute atomic E-state index is 0.0371. The molecule has 0 atom stereocenters. The van der Waals surface area contributed by atoms with Crippen LogP contribution in [0.15, 0.2) is 18.2 Å². The average Bonchev–Trinajstić information content (AvgIpc) is 2.39. The number of rotatable bonds is 6. The molecule has 8 heteroatoms. The van der Waals surface area contributed by atoms with Gasteiger partial charge >= 0.3 is 5.97 Å². The van der Waals surface area contributed by atoms with Gasteiger partial charge in [0.15, 0.2) is 17.2 Å². The fraction of sp³-hybridized carbons (Fsp3) is 0.400. The van der Waals surface area contributed by atoms with Gasteiger partial charge in [0.1, 0.15) is 6.61 Å². The molecular weight excluding hydrogens is 327 g/mol. The van der Waals surface area contributed by atoms with Crippen LogP contribution in [-0.2, 0) is 14.9 Å². The summed E-state index contributed by atoms with van der Waals surface area (Å²) in [5, 5.41) is 0. The van der Waals surface area contributed by atoms with Crippen LogP contribution in [0.25, 0.3) is 0 Å². The minimum atomic E-state index is -4.47. The second-order valence-corrected chi connectivity index (χ2v) is 6.55. The van der Waals surface area contributed by atoms with Crippen LogP contribution in [0, 0.1) is 17.7 Å². The molecule has 0 unspecified atom stereocenters. The summed E-state index contributed by atoms with van der Waals surface area (Å²) in [6.45, 7) is 4.30. The van der Waals surface area contributed by atoms with Crippen LogP contribution in [-0.4, -0.2) is 36.9 Å². The normalized spacial score (nSPS) is 11.3. The Morgan fingerprint density at radius 3 is 2.61 bits per heavy atom. The lowest BCUT2D eigenvalue weighted by Crippen LogP contribution is -2.26. The second kappa shape index (κ2) is 7.44. The molecule has 0 aliphatic rings. The zero-order chi connectivity index (χ0) is 17.7. The lowest BCUT2D eigenvalue weighted by Gasteiger charge is -2.21. The molecular formula is C15H16FO6S-. The summed E-state index contributed by atoms with van der Waals surface area (Å²) in [5.74, 6) is 2.79. The van der Waals surface area contributed by atoms with Gasteiger partial charge in [-0.1, -0.05) is 5.92 Å². The predicted octanol–water partition coefficient (Wildman–Crippen LogP) is 1.71. The molecule has 0 aliphatic carbocycles. The molecule has 1 rings (SSSR count). The van der Waals surface area contributed by atoms with E-state index in [1.165, 1.54) is 0 Å². The van der Waals surface area contributed by atoms with Crippen molar-refractivity contribution in [2.24, 2.45) is 0 Å². The Morgan fingerprint density at radius 2 is 2.04 bits per heavy atom. The Labute approximate surface area is 134 Å². The highest BCUT2D eigenvalue weighted by Crippen LogP contribution is 2.24. The molecule has 23 heavy (non-hydrogen) atoms. The van der Waals surface area contributed by atoms with Crippen molar-refractivity contribution >= 4 is 16.1 Å². The van der Waals surface area contributed by atoms with Crippen molar-refractivity contribution in [2.75, 3.05) is 12.4 Å². The summed E-state index contributed by atoms with van der Waals surface area (Å²) in [4.78, 5) is 11.8. The van der Waals surface area contributed by atoms with Crippen LogP contribution in [0.3, 0.4) is 0 Å². The van der Waals surface area contributed by atoms with E-state index in [1.54, 1.807) is 20.8 Å². The summed E-state index contributed by atoms with van der Waals surface area (Å²) in [7, 11) is -4.47. The van der Waals surface area contributed by atoms with Gasteiger partial charge < -0.3 is 14.0 Å². The van der Waals surface area contributed by atoms with Crippen molar-refractivity contribution in [1.82, 2.24) is 0 Å². The molecule has 6 nitrogen and oxygen atoms in total. The Hall–Kier alpha value is -2.11. The lowest BCUT2D eigenvalue weighted by molar-refractivity contribution is 0.0526. The third kappa shape index (κ3) is 6.67. The predicted molar refractivity (Wildman–Crippen MR) is 79.4 cm³/mol. The first-order valence-corrected chi connectivity index (χ1v) is 8.15. The van der Waals surface area contributed by atoms with Gasteiger partial charge in [0.05, 0.1) is 21.4 Å². The van der Waals surface area contributed by atoms with E-state index in [4.69, 9.17) is 4.74 Å². The van der Waals surface area contributed by atoms with Crippen molar-refractivity contribution in [1.29, 1.82) is 0 Å². The molecule has 0 N–H and O–H groups in total. The van der Waals surface area contributed by atoms with Gasteiger partial charge in [0.25, 0.3) is 0 Å². The van der Waals surface area contributed by atoms with Gasteiger partial charge in [0.2, 0.25) is 0 Å². The fourth-order valence-electron chi connectivity index (χ4n) is 1.63. The van der Waals surface area contributed by atoms with E-state index < -0.39 is 39.9 Å². The van der Waals surface area contributed by atoms with E-state index in [9.17, 15) is 22.2 Å². The Bertz CT molecular complexity index is 743. The number of esters is 1. The van der Waals surface area contributed by atoms with Crippen molar-refractivity contribution < 1.29 is 31.6 Å². The highest BCUT2D eigenvalue weighted by molar-refractivity contribution is 7.85. The molecule has 0 saturated heterocycles. The van der Waals surface area contributed by atoms with Crippen molar-refractivity contribution in [3.8, 4) is 17.6 Å². The molecule has 0 bridgehead atoms. The number of carbonyl (C=O) groups is 1. The number of benzene rings is 1. The first-order chi connectivity index (χ1) is 10.5. The first-order valence-electron chi connectivity index (χ1n) is 6.57. The fourth-order valence-corrected chi connectivity index (χ4v) is 1.92. The molecule has 0 amide bonds. The van der Waals surface area contributed by atoms with Crippen LogP contribution >= 0.6 is 0 Å². The number of ether oxygens (including phenoxy) is 2. The smallest absolute Gasteiger partial charge is 0.338 e. The van der Waals surface area contributed by atoms with E-state index in [0.717, 1.165) is 18.2 Å². The van der Waals surface area contributed by atoms with Crippen LogP contribution in [0.1, 0.15) is 31.1 Å². The molecule has 0 aromatic heterocycles. The van der Waals surface area contributed by atoms with Crippen LogP contribution in [0.4, 0.5) is 4.39 Å². The maximum absolute atomic E-state index is 13.8. The lowest BCUT2D eigenvalue weighted by atomic mass is 10.1. The maximum atomic E-state index is 13.8. The zero-order valence-corrected chi connectivity index (χ0v) is 13.7. The SMILES string of the molecule is CC#CC(C)(C)Oc1cc(C(=O)OCCS(=O)(=O)[O-])ccc1F. The summed E-state index contributed by atoms with van der Waals surface area (Å²) >= 11 is 0. The number of halogens is 1. The molecule has 0 spiro atoms. The Morgan fingerprint density at radius 1 is 1.39 bits per heavy atom. The van der Waals surface area contributed by atoms with E-state index in [-0.39, 0.29) is 11.3 Å². The summed E-state index contributed by atoms with van der Waals surface area (Å²) in [5.41, 5.74) is -1.00. The van der Waals surface area contributed by atoms with Gasteiger partial charge in [-0.05, 0) is 39.0 Å². The van der Waals surface area contributed by atoms with Crippen LogP contribution < -0.4 is 4.74 Å². The highest BCUT2D eigenvalue weighted by Gasteiger charge is 2.20. The summed E-state index contributed by atoms with van der Waals surface area (Å²) < 4.78 is 55.1. The topological polar surface area (TPSA) is 92.7 Å². The van der Waals surface area contributed by atoms with Gasteiger partial charge in [0, 0.05) is 0 Å². The van der Waals surface area contributed by atoms with E-state index in [1.807, 2.05) is 0 Å². The standard InChI is InChI=1S/C15H17FO6S/c1-4-7-15(2,3)22-13-10-11(5-6-12(13)16)14(17)21-8-9-23(18,19)20/h5-6,10H,8-9H2,1-3H3,(H,18,19,20)/p-1. The van der Waals surface area contributed by atoms with Gasteiger partial charge in [-0.3, -0.25) is 0 Å². The first kappa shape index (κ1) is 18.9. The van der Waals surface area contributed by atoms with Crippen LogP contribution in [0.2, 0.25) is 0 Å². The Kier molecular flexibility index (Phi) is 6.12. The van der Waals surface area contributed by atoms with Crippen molar-refractivity contribution in [3.63, 3.8) is 0 Å². The molecule has 0 heterocycles. The zero-order valence-electron chi connectivity index (χ0n) is 12.9.